The molecule has 2 atom stereocenters. The van der Waals surface area contributed by atoms with Crippen molar-refractivity contribution in [2.75, 3.05) is 13.1 Å². The second-order valence-electron chi connectivity index (χ2n) is 6.20. The van der Waals surface area contributed by atoms with Crippen LogP contribution in [-0.4, -0.2) is 34.5 Å². The number of hydrogen-bond acceptors (Lipinski definition) is 2. The summed E-state index contributed by atoms with van der Waals surface area (Å²) in [7, 11) is 0. The lowest BCUT2D eigenvalue weighted by molar-refractivity contribution is 0.0562. The van der Waals surface area contributed by atoms with Crippen LogP contribution in [0.5, 0.6) is 0 Å². The molecule has 1 saturated heterocycles. The molecule has 1 aromatic rings. The molecular formula is C15H22BrN3O. The van der Waals surface area contributed by atoms with E-state index >= 15 is 0 Å². The van der Waals surface area contributed by atoms with Gasteiger partial charge in [-0.1, -0.05) is 6.92 Å². The van der Waals surface area contributed by atoms with Crippen LogP contribution in [0.25, 0.3) is 0 Å². The van der Waals surface area contributed by atoms with E-state index in [-0.39, 0.29) is 11.9 Å². The Hall–Kier alpha value is -0.810. The number of carbonyl (C=O) groups excluding carboxylic acids is 1. The van der Waals surface area contributed by atoms with Crippen molar-refractivity contribution in [3.05, 3.63) is 22.4 Å². The molecule has 5 heteroatoms. The highest BCUT2D eigenvalue weighted by Crippen LogP contribution is 2.38. The minimum absolute atomic E-state index is 0.143. The summed E-state index contributed by atoms with van der Waals surface area (Å²) in [6.45, 7) is 3.63. The number of aromatic nitrogens is 1. The Labute approximate surface area is 128 Å². The topological polar surface area (TPSA) is 51.3 Å². The Bertz CT molecular complexity index is 509. The van der Waals surface area contributed by atoms with Gasteiger partial charge in [-0.2, -0.15) is 0 Å². The summed E-state index contributed by atoms with van der Waals surface area (Å²) < 4.78 is 3.13. The lowest BCUT2D eigenvalue weighted by Gasteiger charge is -2.38. The summed E-state index contributed by atoms with van der Waals surface area (Å²) in [6.07, 6.45) is 6.49. The molecule has 2 fully saturated rings. The number of nitrogens with zero attached hydrogens (tertiary/aromatic N) is 2. The average Bonchev–Trinajstić information content (AvgIpc) is 3.20. The minimum atomic E-state index is 0.143. The molecule has 110 valence electrons. The van der Waals surface area contributed by atoms with Gasteiger partial charge in [-0.15, -0.1) is 0 Å². The van der Waals surface area contributed by atoms with E-state index in [1.807, 2.05) is 17.2 Å². The molecule has 1 amide bonds. The van der Waals surface area contributed by atoms with Crippen LogP contribution in [0.1, 0.15) is 49.1 Å². The van der Waals surface area contributed by atoms with Crippen molar-refractivity contribution >= 4 is 21.8 Å². The van der Waals surface area contributed by atoms with Crippen molar-refractivity contribution in [3.63, 3.8) is 0 Å². The lowest BCUT2D eigenvalue weighted by Crippen LogP contribution is -2.49. The molecule has 2 N–H and O–H groups in total. The maximum Gasteiger partial charge on any atom is 0.270 e. The van der Waals surface area contributed by atoms with E-state index in [2.05, 4.69) is 27.4 Å². The SMILES string of the molecule is CC1CCN(C(=O)c2cc(Br)cn2C2CC2)C(CN)C1. The van der Waals surface area contributed by atoms with Crippen LogP contribution in [-0.2, 0) is 0 Å². The van der Waals surface area contributed by atoms with Gasteiger partial charge in [0, 0.05) is 35.8 Å². The van der Waals surface area contributed by atoms with Gasteiger partial charge in [0.25, 0.3) is 5.91 Å². The quantitative estimate of drug-likeness (QED) is 0.920. The summed E-state index contributed by atoms with van der Waals surface area (Å²) in [6, 6.07) is 2.65. The molecule has 0 spiro atoms. The van der Waals surface area contributed by atoms with Crippen LogP contribution in [0.3, 0.4) is 0 Å². The van der Waals surface area contributed by atoms with E-state index in [4.69, 9.17) is 5.73 Å². The Balaban J connectivity index is 1.84. The zero-order valence-corrected chi connectivity index (χ0v) is 13.5. The fourth-order valence-corrected chi connectivity index (χ4v) is 3.60. The average molecular weight is 340 g/mol. The second-order valence-corrected chi connectivity index (χ2v) is 7.12. The van der Waals surface area contributed by atoms with E-state index in [0.29, 0.717) is 18.5 Å². The third-order valence-corrected chi connectivity index (χ3v) is 4.92. The van der Waals surface area contributed by atoms with Crippen LogP contribution in [0.15, 0.2) is 16.7 Å². The maximum atomic E-state index is 12.9. The number of likely N-dealkylation sites (tertiary alicyclic amines) is 1. The van der Waals surface area contributed by atoms with Gasteiger partial charge >= 0.3 is 0 Å². The van der Waals surface area contributed by atoms with E-state index in [9.17, 15) is 4.79 Å². The first-order chi connectivity index (χ1) is 9.60. The number of halogens is 1. The monoisotopic (exact) mass is 339 g/mol. The highest BCUT2D eigenvalue weighted by molar-refractivity contribution is 9.10. The first-order valence-corrected chi connectivity index (χ1v) is 8.28. The number of hydrogen-bond donors (Lipinski definition) is 1. The smallest absolute Gasteiger partial charge is 0.270 e. The third-order valence-electron chi connectivity index (χ3n) is 4.49. The molecular weight excluding hydrogens is 318 g/mol. The van der Waals surface area contributed by atoms with Crippen molar-refractivity contribution in [3.8, 4) is 0 Å². The Morgan fingerprint density at radius 3 is 2.85 bits per heavy atom. The van der Waals surface area contributed by atoms with Crippen molar-refractivity contribution in [1.82, 2.24) is 9.47 Å². The number of carbonyl (C=O) groups is 1. The molecule has 1 aliphatic heterocycles. The Morgan fingerprint density at radius 1 is 1.45 bits per heavy atom. The molecule has 2 heterocycles. The Kier molecular flexibility index (Phi) is 3.91. The number of amides is 1. The number of nitrogens with two attached hydrogens (primary N) is 1. The standard InChI is InChI=1S/C15H22BrN3O/c1-10-4-5-18(13(6-10)8-17)15(20)14-7-11(16)9-19(14)12-2-3-12/h7,9-10,12-13H,2-6,8,17H2,1H3. The number of rotatable bonds is 3. The van der Waals surface area contributed by atoms with Gasteiger partial charge in [0.2, 0.25) is 0 Å². The minimum Gasteiger partial charge on any atom is -0.339 e. The maximum absolute atomic E-state index is 12.9. The molecule has 2 unspecified atom stereocenters. The largest absolute Gasteiger partial charge is 0.339 e. The lowest BCUT2D eigenvalue weighted by atomic mass is 9.92. The summed E-state index contributed by atoms with van der Waals surface area (Å²) in [5.41, 5.74) is 6.69. The molecule has 20 heavy (non-hydrogen) atoms. The van der Waals surface area contributed by atoms with Gasteiger partial charge in [-0.05, 0) is 53.6 Å². The van der Waals surface area contributed by atoms with Crippen LogP contribution >= 0.6 is 15.9 Å². The highest BCUT2D eigenvalue weighted by Gasteiger charge is 2.33. The molecule has 1 aromatic heterocycles. The molecule has 1 aliphatic carbocycles. The molecule has 0 bridgehead atoms. The fraction of sp³-hybridized carbons (Fsp3) is 0.667. The van der Waals surface area contributed by atoms with E-state index in [0.717, 1.165) is 29.6 Å². The summed E-state index contributed by atoms with van der Waals surface area (Å²) in [4.78, 5) is 14.9. The normalized spacial score (nSPS) is 26.9. The van der Waals surface area contributed by atoms with Gasteiger partial charge in [-0.25, -0.2) is 0 Å². The third kappa shape index (κ3) is 2.66. The second kappa shape index (κ2) is 5.53. The van der Waals surface area contributed by atoms with Crippen molar-refractivity contribution in [2.24, 2.45) is 11.7 Å². The van der Waals surface area contributed by atoms with Crippen molar-refractivity contribution < 1.29 is 4.79 Å². The molecule has 2 aliphatic rings. The summed E-state index contributed by atoms with van der Waals surface area (Å²) in [5, 5.41) is 0. The van der Waals surface area contributed by atoms with Crippen LogP contribution < -0.4 is 5.73 Å². The van der Waals surface area contributed by atoms with Crippen LogP contribution in [0.4, 0.5) is 0 Å². The molecule has 0 radical (unpaired) electrons. The number of piperidine rings is 1. The fourth-order valence-electron chi connectivity index (χ4n) is 3.16. The first-order valence-electron chi connectivity index (χ1n) is 7.48. The van der Waals surface area contributed by atoms with Crippen LogP contribution in [0, 0.1) is 5.92 Å². The van der Waals surface area contributed by atoms with Gasteiger partial charge < -0.3 is 15.2 Å². The Morgan fingerprint density at radius 2 is 2.20 bits per heavy atom. The van der Waals surface area contributed by atoms with E-state index < -0.39 is 0 Å². The van der Waals surface area contributed by atoms with Gasteiger partial charge in [0.05, 0.1) is 0 Å². The van der Waals surface area contributed by atoms with Gasteiger partial charge in [0.15, 0.2) is 0 Å². The van der Waals surface area contributed by atoms with Gasteiger partial charge in [0.1, 0.15) is 5.69 Å². The highest BCUT2D eigenvalue weighted by atomic mass is 79.9. The van der Waals surface area contributed by atoms with Gasteiger partial charge in [-0.3, -0.25) is 4.79 Å². The van der Waals surface area contributed by atoms with E-state index in [1.54, 1.807) is 0 Å². The predicted octanol–water partition coefficient (Wildman–Crippen LogP) is 2.78. The molecule has 4 nitrogen and oxygen atoms in total. The summed E-state index contributed by atoms with van der Waals surface area (Å²) >= 11 is 3.50. The zero-order valence-electron chi connectivity index (χ0n) is 11.9. The van der Waals surface area contributed by atoms with Crippen molar-refractivity contribution in [2.45, 2.75) is 44.7 Å². The van der Waals surface area contributed by atoms with E-state index in [1.165, 1.54) is 12.8 Å². The van der Waals surface area contributed by atoms with Crippen molar-refractivity contribution in [1.29, 1.82) is 0 Å². The molecule has 3 rings (SSSR count). The first kappa shape index (κ1) is 14.1. The molecule has 0 aromatic carbocycles. The predicted molar refractivity (Wildman–Crippen MR) is 82.7 cm³/mol. The summed E-state index contributed by atoms with van der Waals surface area (Å²) in [5.74, 6) is 0.805. The molecule has 1 saturated carbocycles. The van der Waals surface area contributed by atoms with Crippen LogP contribution in [0.2, 0.25) is 0 Å². The zero-order chi connectivity index (χ0) is 14.3.